The van der Waals surface area contributed by atoms with Gasteiger partial charge in [0, 0.05) is 31.2 Å². The summed E-state index contributed by atoms with van der Waals surface area (Å²) in [6.45, 7) is 0.419. The van der Waals surface area contributed by atoms with E-state index in [0.29, 0.717) is 18.2 Å². The van der Waals surface area contributed by atoms with Crippen molar-refractivity contribution in [2.24, 2.45) is 5.92 Å². The maximum absolute atomic E-state index is 13.0. The van der Waals surface area contributed by atoms with Crippen LogP contribution in [-0.2, 0) is 17.1 Å². The van der Waals surface area contributed by atoms with Crippen LogP contribution in [0.4, 0.5) is 26.3 Å². The Kier molecular flexibility index (Phi) is 9.29. The summed E-state index contributed by atoms with van der Waals surface area (Å²) in [5.74, 6) is -0.848. The van der Waals surface area contributed by atoms with E-state index in [2.05, 4.69) is 10.6 Å². The van der Waals surface area contributed by atoms with Crippen molar-refractivity contribution in [2.75, 3.05) is 20.1 Å². The van der Waals surface area contributed by atoms with Crippen LogP contribution in [0, 0.1) is 5.92 Å². The number of hydrogen-bond acceptors (Lipinski definition) is 3. The standard InChI is InChI=1S/C25H33F6N3O2/c1-34(21-5-3-2-4-6-21)22(35)15-32-20-9-7-16(8-10-20)14-33-23(36)17-11-18(24(26,27)28)13-19(12-17)25(29,30)31/h11-13,16,20-21,32H,2-10,14-15H2,1H3,(H,33,36)/t16-,20-. The molecule has 0 bridgehead atoms. The highest BCUT2D eigenvalue weighted by Crippen LogP contribution is 2.36. The van der Waals surface area contributed by atoms with Gasteiger partial charge in [0.15, 0.2) is 0 Å². The molecule has 2 N–H and O–H groups in total. The molecule has 0 unspecified atom stereocenters. The lowest BCUT2D eigenvalue weighted by molar-refractivity contribution is -0.143. The molecular formula is C25H33F6N3O2. The average molecular weight is 522 g/mol. The van der Waals surface area contributed by atoms with Crippen molar-refractivity contribution in [1.29, 1.82) is 0 Å². The van der Waals surface area contributed by atoms with Crippen molar-refractivity contribution in [2.45, 2.75) is 82.2 Å². The van der Waals surface area contributed by atoms with Gasteiger partial charge in [0.05, 0.1) is 17.7 Å². The third-order valence-electron chi connectivity index (χ3n) is 7.31. The van der Waals surface area contributed by atoms with E-state index in [1.165, 1.54) is 6.42 Å². The minimum absolute atomic E-state index is 0.00270. The maximum Gasteiger partial charge on any atom is 0.416 e. The molecule has 0 radical (unpaired) electrons. The predicted octanol–water partition coefficient (Wildman–Crippen LogP) is 5.39. The Balaban J connectivity index is 1.45. The van der Waals surface area contributed by atoms with Crippen LogP contribution in [0.3, 0.4) is 0 Å². The third kappa shape index (κ3) is 7.85. The van der Waals surface area contributed by atoms with Crippen molar-refractivity contribution in [3.8, 4) is 0 Å². The van der Waals surface area contributed by atoms with E-state index in [0.717, 1.165) is 51.4 Å². The van der Waals surface area contributed by atoms with Gasteiger partial charge < -0.3 is 15.5 Å². The van der Waals surface area contributed by atoms with Crippen LogP contribution >= 0.6 is 0 Å². The second kappa shape index (κ2) is 11.8. The van der Waals surface area contributed by atoms with Crippen LogP contribution in [-0.4, -0.2) is 48.9 Å². The second-order valence-corrected chi connectivity index (χ2v) is 9.90. The largest absolute Gasteiger partial charge is 0.416 e. The Morgan fingerprint density at radius 1 is 0.861 bits per heavy atom. The van der Waals surface area contributed by atoms with Gasteiger partial charge in [-0.1, -0.05) is 19.3 Å². The van der Waals surface area contributed by atoms with E-state index in [9.17, 15) is 35.9 Å². The van der Waals surface area contributed by atoms with E-state index in [-0.39, 0.29) is 37.0 Å². The number of likely N-dealkylation sites (N-methyl/N-ethyl adjacent to an activating group) is 1. The van der Waals surface area contributed by atoms with Crippen LogP contribution < -0.4 is 10.6 Å². The van der Waals surface area contributed by atoms with Gasteiger partial charge in [-0.25, -0.2) is 0 Å². The number of rotatable bonds is 7. The molecule has 0 atom stereocenters. The first kappa shape index (κ1) is 28.3. The molecule has 2 aliphatic carbocycles. The summed E-state index contributed by atoms with van der Waals surface area (Å²) < 4.78 is 78.2. The number of nitrogens with zero attached hydrogens (tertiary/aromatic N) is 1. The van der Waals surface area contributed by atoms with Crippen LogP contribution in [0.15, 0.2) is 18.2 Å². The number of amides is 2. The highest BCUT2D eigenvalue weighted by molar-refractivity contribution is 5.94. The molecule has 0 aromatic heterocycles. The van der Waals surface area contributed by atoms with Gasteiger partial charge in [-0.05, 0) is 62.6 Å². The quantitative estimate of drug-likeness (QED) is 0.473. The molecule has 2 amide bonds. The zero-order valence-electron chi connectivity index (χ0n) is 20.3. The van der Waals surface area contributed by atoms with Gasteiger partial charge in [0.1, 0.15) is 0 Å². The molecule has 11 heteroatoms. The normalized spacial score (nSPS) is 21.8. The molecule has 2 saturated carbocycles. The Bertz CT molecular complexity index is 872. The predicted molar refractivity (Wildman–Crippen MR) is 122 cm³/mol. The molecule has 36 heavy (non-hydrogen) atoms. The van der Waals surface area contributed by atoms with Crippen molar-refractivity contribution in [3.63, 3.8) is 0 Å². The molecule has 3 rings (SSSR count). The first-order chi connectivity index (χ1) is 16.8. The molecule has 0 saturated heterocycles. The number of hydrogen-bond donors (Lipinski definition) is 2. The number of alkyl halides is 6. The molecule has 2 aliphatic rings. The molecule has 202 valence electrons. The van der Waals surface area contributed by atoms with Crippen molar-refractivity contribution >= 4 is 11.8 Å². The maximum atomic E-state index is 13.0. The molecule has 2 fully saturated rings. The van der Waals surface area contributed by atoms with Crippen LogP contribution in [0.25, 0.3) is 0 Å². The van der Waals surface area contributed by atoms with Crippen LogP contribution in [0.5, 0.6) is 0 Å². The fourth-order valence-corrected chi connectivity index (χ4v) is 5.02. The van der Waals surface area contributed by atoms with Gasteiger partial charge >= 0.3 is 12.4 Å². The molecule has 0 heterocycles. The number of carbonyl (C=O) groups is 2. The summed E-state index contributed by atoms with van der Waals surface area (Å²) in [5, 5.41) is 5.79. The SMILES string of the molecule is CN(C(=O)CN[C@H]1CC[C@H](CNC(=O)c2cc(C(F)(F)F)cc(C(F)(F)F)c2)CC1)C1CCCCC1. The van der Waals surface area contributed by atoms with E-state index < -0.39 is 35.0 Å². The summed E-state index contributed by atoms with van der Waals surface area (Å²) in [6.07, 6.45) is -1.44. The Hall–Kier alpha value is -2.30. The molecular weight excluding hydrogens is 488 g/mol. The lowest BCUT2D eigenvalue weighted by Crippen LogP contribution is -2.46. The molecule has 0 spiro atoms. The van der Waals surface area contributed by atoms with Crippen molar-refractivity contribution in [3.05, 3.63) is 34.9 Å². The van der Waals surface area contributed by atoms with Gasteiger partial charge in [-0.3, -0.25) is 9.59 Å². The number of nitrogens with one attached hydrogen (secondary N) is 2. The Morgan fingerprint density at radius 2 is 1.42 bits per heavy atom. The van der Waals surface area contributed by atoms with Crippen molar-refractivity contribution in [1.82, 2.24) is 15.5 Å². The third-order valence-corrected chi connectivity index (χ3v) is 7.31. The van der Waals surface area contributed by atoms with E-state index >= 15 is 0 Å². The van der Waals surface area contributed by atoms with Crippen molar-refractivity contribution < 1.29 is 35.9 Å². The minimum Gasteiger partial charge on any atom is -0.352 e. The fraction of sp³-hybridized carbons (Fsp3) is 0.680. The number of carbonyl (C=O) groups excluding carboxylic acids is 2. The van der Waals surface area contributed by atoms with Crippen LogP contribution in [0.1, 0.15) is 79.3 Å². The lowest BCUT2D eigenvalue weighted by Gasteiger charge is -2.33. The zero-order valence-corrected chi connectivity index (χ0v) is 20.3. The summed E-state index contributed by atoms with van der Waals surface area (Å²) in [4.78, 5) is 26.7. The molecule has 1 aromatic carbocycles. The van der Waals surface area contributed by atoms with Gasteiger partial charge in [0.2, 0.25) is 5.91 Å². The number of benzene rings is 1. The summed E-state index contributed by atoms with van der Waals surface area (Å²) in [6, 6.07) is 1.33. The van der Waals surface area contributed by atoms with Crippen LogP contribution in [0.2, 0.25) is 0 Å². The fourth-order valence-electron chi connectivity index (χ4n) is 5.02. The zero-order chi connectivity index (χ0) is 26.5. The van der Waals surface area contributed by atoms with Gasteiger partial charge in [-0.2, -0.15) is 26.3 Å². The Labute approximate surface area is 207 Å². The first-order valence-electron chi connectivity index (χ1n) is 12.4. The van der Waals surface area contributed by atoms with E-state index in [1.54, 1.807) is 0 Å². The monoisotopic (exact) mass is 521 g/mol. The highest BCUT2D eigenvalue weighted by Gasteiger charge is 2.37. The smallest absolute Gasteiger partial charge is 0.352 e. The Morgan fingerprint density at radius 3 is 1.94 bits per heavy atom. The summed E-state index contributed by atoms with van der Waals surface area (Å²) in [7, 11) is 1.85. The average Bonchev–Trinajstić information content (AvgIpc) is 2.85. The first-order valence-corrected chi connectivity index (χ1v) is 12.4. The molecule has 5 nitrogen and oxygen atoms in total. The summed E-state index contributed by atoms with van der Waals surface area (Å²) in [5.41, 5.74) is -3.71. The van der Waals surface area contributed by atoms with E-state index in [4.69, 9.17) is 0 Å². The molecule has 0 aliphatic heterocycles. The number of halogens is 6. The second-order valence-electron chi connectivity index (χ2n) is 9.90. The van der Waals surface area contributed by atoms with Gasteiger partial charge in [-0.15, -0.1) is 0 Å². The topological polar surface area (TPSA) is 61.4 Å². The minimum atomic E-state index is -5.01. The highest BCUT2D eigenvalue weighted by atomic mass is 19.4. The summed E-state index contributed by atoms with van der Waals surface area (Å²) >= 11 is 0. The molecule has 1 aromatic rings. The van der Waals surface area contributed by atoms with E-state index in [1.807, 2.05) is 11.9 Å². The lowest BCUT2D eigenvalue weighted by atomic mass is 9.86. The van der Waals surface area contributed by atoms with Gasteiger partial charge in [0.25, 0.3) is 5.91 Å².